The second-order valence-electron chi connectivity index (χ2n) is 6.20. The van der Waals surface area contributed by atoms with Gasteiger partial charge in [0.05, 0.1) is 16.3 Å². The predicted molar refractivity (Wildman–Crippen MR) is 91.4 cm³/mol. The molecule has 1 atom stereocenters. The number of aliphatic carboxylic acids is 1. The van der Waals surface area contributed by atoms with Gasteiger partial charge < -0.3 is 5.11 Å². The van der Waals surface area contributed by atoms with Crippen molar-refractivity contribution in [2.75, 3.05) is 23.1 Å². The molecular formula is C15H20N2O6S2. The van der Waals surface area contributed by atoms with Gasteiger partial charge in [-0.3, -0.25) is 9.10 Å². The summed E-state index contributed by atoms with van der Waals surface area (Å²) in [5.74, 6) is -1.07. The normalized spacial score (nSPS) is 24.3. The number of rotatable bonds is 4. The summed E-state index contributed by atoms with van der Waals surface area (Å²) in [6.07, 6.45) is 2.12. The summed E-state index contributed by atoms with van der Waals surface area (Å²) in [5, 5.41) is 9.28. The monoisotopic (exact) mass is 388 g/mol. The Kier molecular flexibility index (Phi) is 4.78. The lowest BCUT2D eigenvalue weighted by Gasteiger charge is -2.31. The number of anilines is 1. The third kappa shape index (κ3) is 3.38. The number of piperidine rings is 1. The van der Waals surface area contributed by atoms with Gasteiger partial charge in [0.15, 0.2) is 0 Å². The second kappa shape index (κ2) is 6.58. The van der Waals surface area contributed by atoms with Crippen molar-refractivity contribution in [3.8, 4) is 0 Å². The molecule has 1 aromatic carbocycles. The maximum Gasteiger partial charge on any atom is 0.322 e. The SMILES string of the molecule is O=C(O)C1CCCCN1S(=O)(=O)c1ccc(N2CCCS2(=O)=O)cc1. The van der Waals surface area contributed by atoms with Crippen LogP contribution < -0.4 is 4.31 Å². The van der Waals surface area contributed by atoms with Crippen molar-refractivity contribution in [3.63, 3.8) is 0 Å². The average Bonchev–Trinajstić information content (AvgIpc) is 2.94. The molecule has 0 amide bonds. The lowest BCUT2D eigenvalue weighted by Crippen LogP contribution is -2.47. The minimum atomic E-state index is -3.94. The molecule has 2 fully saturated rings. The second-order valence-corrected chi connectivity index (χ2v) is 10.1. The predicted octanol–water partition coefficient (Wildman–Crippen LogP) is 0.854. The standard InChI is InChI=1S/C15H20N2O6S2/c18-15(19)14-4-1-2-9-17(14)25(22,23)13-7-5-12(6-8-13)16-10-3-11-24(16,20)21/h5-8,14H,1-4,9-11H2,(H,18,19). The zero-order valence-electron chi connectivity index (χ0n) is 13.5. The van der Waals surface area contributed by atoms with Gasteiger partial charge in [-0.15, -0.1) is 0 Å². The molecule has 3 rings (SSSR count). The van der Waals surface area contributed by atoms with E-state index in [0.717, 1.165) is 4.31 Å². The number of hydrogen-bond acceptors (Lipinski definition) is 5. The van der Waals surface area contributed by atoms with Gasteiger partial charge in [0.25, 0.3) is 0 Å². The van der Waals surface area contributed by atoms with E-state index in [4.69, 9.17) is 0 Å². The molecule has 2 aliphatic heterocycles. The van der Waals surface area contributed by atoms with E-state index in [1.165, 1.54) is 28.6 Å². The Morgan fingerprint density at radius 1 is 1.08 bits per heavy atom. The number of carboxylic acid groups (broad SMARTS) is 1. The highest BCUT2D eigenvalue weighted by molar-refractivity contribution is 7.93. The molecule has 0 aliphatic carbocycles. The first kappa shape index (κ1) is 18.2. The maximum atomic E-state index is 12.8. The Morgan fingerprint density at radius 2 is 1.76 bits per heavy atom. The van der Waals surface area contributed by atoms with Gasteiger partial charge in [-0.05, 0) is 49.9 Å². The van der Waals surface area contributed by atoms with Gasteiger partial charge in [-0.2, -0.15) is 4.31 Å². The molecule has 0 bridgehead atoms. The van der Waals surface area contributed by atoms with E-state index in [2.05, 4.69) is 0 Å². The average molecular weight is 388 g/mol. The van der Waals surface area contributed by atoms with Crippen LogP contribution in [0.1, 0.15) is 25.7 Å². The molecule has 1 N–H and O–H groups in total. The van der Waals surface area contributed by atoms with E-state index < -0.39 is 32.1 Å². The molecular weight excluding hydrogens is 368 g/mol. The third-order valence-electron chi connectivity index (χ3n) is 4.57. The number of carboxylic acids is 1. The van der Waals surface area contributed by atoms with Crippen LogP contribution in [0.25, 0.3) is 0 Å². The molecule has 2 saturated heterocycles. The Bertz CT molecular complexity index is 864. The highest BCUT2D eigenvalue weighted by Crippen LogP contribution is 2.29. The Balaban J connectivity index is 1.89. The summed E-state index contributed by atoms with van der Waals surface area (Å²) in [6, 6.07) is 4.53. The Morgan fingerprint density at radius 3 is 2.32 bits per heavy atom. The van der Waals surface area contributed by atoms with E-state index in [1.807, 2.05) is 0 Å². The molecule has 1 unspecified atom stereocenters. The van der Waals surface area contributed by atoms with Crippen LogP contribution in [0.2, 0.25) is 0 Å². The summed E-state index contributed by atoms with van der Waals surface area (Å²) in [4.78, 5) is 11.3. The van der Waals surface area contributed by atoms with Gasteiger partial charge in [0.1, 0.15) is 6.04 Å². The smallest absolute Gasteiger partial charge is 0.322 e. The fourth-order valence-electron chi connectivity index (χ4n) is 3.29. The van der Waals surface area contributed by atoms with Crippen LogP contribution in [0.4, 0.5) is 5.69 Å². The summed E-state index contributed by atoms with van der Waals surface area (Å²) in [5.41, 5.74) is 0.421. The van der Waals surface area contributed by atoms with Crippen molar-refractivity contribution in [2.24, 2.45) is 0 Å². The maximum absolute atomic E-state index is 12.8. The summed E-state index contributed by atoms with van der Waals surface area (Å²) in [6.45, 7) is 0.545. The van der Waals surface area contributed by atoms with Crippen LogP contribution in [0.15, 0.2) is 29.2 Å². The quantitative estimate of drug-likeness (QED) is 0.818. The summed E-state index contributed by atoms with van der Waals surface area (Å²) >= 11 is 0. The van der Waals surface area contributed by atoms with Crippen LogP contribution in [0, 0.1) is 0 Å². The van der Waals surface area contributed by atoms with E-state index in [0.29, 0.717) is 37.9 Å². The number of sulfonamides is 2. The molecule has 0 aromatic heterocycles. The summed E-state index contributed by atoms with van der Waals surface area (Å²) < 4.78 is 51.8. The van der Waals surface area contributed by atoms with Crippen molar-refractivity contribution in [1.82, 2.24) is 4.31 Å². The minimum absolute atomic E-state index is 0.0269. The molecule has 8 nitrogen and oxygen atoms in total. The Hall–Kier alpha value is -1.65. The van der Waals surface area contributed by atoms with Crippen LogP contribution in [0.5, 0.6) is 0 Å². The highest BCUT2D eigenvalue weighted by Gasteiger charge is 2.37. The lowest BCUT2D eigenvalue weighted by atomic mass is 10.1. The van der Waals surface area contributed by atoms with E-state index in [1.54, 1.807) is 0 Å². The first-order valence-corrected chi connectivity index (χ1v) is 11.1. The van der Waals surface area contributed by atoms with Crippen molar-refractivity contribution < 1.29 is 26.7 Å². The molecule has 138 valence electrons. The van der Waals surface area contributed by atoms with Gasteiger partial charge in [-0.25, -0.2) is 16.8 Å². The van der Waals surface area contributed by atoms with E-state index >= 15 is 0 Å². The van der Waals surface area contributed by atoms with Crippen LogP contribution in [0.3, 0.4) is 0 Å². The van der Waals surface area contributed by atoms with Gasteiger partial charge in [0, 0.05) is 13.1 Å². The van der Waals surface area contributed by atoms with Gasteiger partial charge in [-0.1, -0.05) is 0 Å². The first-order chi connectivity index (χ1) is 11.7. The molecule has 10 heteroatoms. The van der Waals surface area contributed by atoms with E-state index in [-0.39, 0.29) is 17.2 Å². The number of nitrogens with zero attached hydrogens (tertiary/aromatic N) is 2. The van der Waals surface area contributed by atoms with Gasteiger partial charge >= 0.3 is 5.97 Å². The fraction of sp³-hybridized carbons (Fsp3) is 0.533. The largest absolute Gasteiger partial charge is 0.480 e. The topological polar surface area (TPSA) is 112 Å². The van der Waals surface area contributed by atoms with Crippen molar-refractivity contribution in [2.45, 2.75) is 36.6 Å². The van der Waals surface area contributed by atoms with E-state index in [9.17, 15) is 26.7 Å². The molecule has 25 heavy (non-hydrogen) atoms. The molecule has 0 saturated carbocycles. The van der Waals surface area contributed by atoms with Crippen molar-refractivity contribution in [1.29, 1.82) is 0 Å². The van der Waals surface area contributed by atoms with Crippen molar-refractivity contribution >= 4 is 31.7 Å². The van der Waals surface area contributed by atoms with Crippen LogP contribution in [-0.4, -0.2) is 57.1 Å². The number of benzene rings is 1. The third-order valence-corrected chi connectivity index (χ3v) is 8.36. The molecule has 0 spiro atoms. The fourth-order valence-corrected chi connectivity index (χ4v) is 6.50. The highest BCUT2D eigenvalue weighted by atomic mass is 32.2. The minimum Gasteiger partial charge on any atom is -0.480 e. The van der Waals surface area contributed by atoms with Crippen LogP contribution in [-0.2, 0) is 24.8 Å². The zero-order chi connectivity index (χ0) is 18.2. The summed E-state index contributed by atoms with van der Waals surface area (Å²) in [7, 11) is -7.27. The molecule has 2 heterocycles. The van der Waals surface area contributed by atoms with Crippen LogP contribution >= 0.6 is 0 Å². The zero-order valence-corrected chi connectivity index (χ0v) is 15.2. The lowest BCUT2D eigenvalue weighted by molar-refractivity contribution is -0.142. The van der Waals surface area contributed by atoms with Gasteiger partial charge in [0.2, 0.25) is 20.0 Å². The first-order valence-electron chi connectivity index (χ1n) is 8.08. The molecule has 2 aliphatic rings. The van der Waals surface area contributed by atoms with Crippen molar-refractivity contribution in [3.05, 3.63) is 24.3 Å². The molecule has 0 radical (unpaired) electrons. The Labute approximate surface area is 147 Å². The molecule has 1 aromatic rings. The number of carbonyl (C=O) groups is 1. The number of hydrogen-bond donors (Lipinski definition) is 1.